The van der Waals surface area contributed by atoms with Crippen LogP contribution in [-0.4, -0.2) is 12.0 Å². The van der Waals surface area contributed by atoms with Crippen molar-refractivity contribution in [3.05, 3.63) is 27.1 Å². The summed E-state index contributed by atoms with van der Waals surface area (Å²) < 4.78 is 7.37. The predicted molar refractivity (Wildman–Crippen MR) is 73.4 cm³/mol. The molecule has 0 heterocycles. The molecule has 0 spiro atoms. The van der Waals surface area contributed by atoms with E-state index in [0.717, 1.165) is 8.95 Å². The molecule has 6 heteroatoms. The average molecular weight is 366 g/mol. The first kappa shape index (κ1) is 14.5. The largest absolute Gasteiger partial charge is 0.479 e. The maximum absolute atomic E-state index is 11.6. The Morgan fingerprint density at radius 1 is 1.41 bits per heavy atom. The van der Waals surface area contributed by atoms with Gasteiger partial charge in [0.2, 0.25) is 0 Å². The number of hydrazine groups is 1. The van der Waals surface area contributed by atoms with E-state index in [2.05, 4.69) is 37.3 Å². The van der Waals surface area contributed by atoms with Gasteiger partial charge in [-0.15, -0.1) is 0 Å². The first-order valence-electron chi connectivity index (χ1n) is 5.08. The van der Waals surface area contributed by atoms with Crippen LogP contribution in [0.2, 0.25) is 0 Å². The van der Waals surface area contributed by atoms with Crippen LogP contribution in [0.3, 0.4) is 0 Å². The van der Waals surface area contributed by atoms with Gasteiger partial charge in [-0.2, -0.15) is 0 Å². The average Bonchev–Trinajstić information content (AvgIpc) is 2.26. The molecule has 94 valence electrons. The van der Waals surface area contributed by atoms with Gasteiger partial charge in [-0.1, -0.05) is 29.8 Å². The molecule has 0 aliphatic rings. The monoisotopic (exact) mass is 364 g/mol. The van der Waals surface area contributed by atoms with Crippen molar-refractivity contribution in [3.63, 3.8) is 0 Å². The topological polar surface area (TPSA) is 64.3 Å². The third-order valence-corrected chi connectivity index (χ3v) is 3.27. The highest BCUT2D eigenvalue weighted by molar-refractivity contribution is 9.11. The van der Waals surface area contributed by atoms with Crippen LogP contribution < -0.4 is 16.0 Å². The molecule has 0 saturated carbocycles. The Bertz CT molecular complexity index is 410. The summed E-state index contributed by atoms with van der Waals surface area (Å²) in [5, 5.41) is 0. The van der Waals surface area contributed by atoms with E-state index in [-0.39, 0.29) is 11.8 Å². The third kappa shape index (κ3) is 3.97. The van der Waals surface area contributed by atoms with Crippen LogP contribution in [0.25, 0.3) is 0 Å². The van der Waals surface area contributed by atoms with E-state index in [1.807, 2.05) is 26.0 Å². The minimum Gasteiger partial charge on any atom is -0.479 e. The van der Waals surface area contributed by atoms with Crippen molar-refractivity contribution in [1.82, 2.24) is 5.43 Å². The number of ether oxygens (including phenoxy) is 1. The number of carbonyl (C=O) groups is 1. The maximum Gasteiger partial charge on any atom is 0.275 e. The SMILES string of the molecule is CC(C)C(Oc1ccc(Br)cc1Br)C(=O)NN. The molecular weight excluding hydrogens is 352 g/mol. The van der Waals surface area contributed by atoms with Crippen LogP contribution in [0, 0.1) is 5.92 Å². The molecule has 0 aliphatic carbocycles. The van der Waals surface area contributed by atoms with Gasteiger partial charge in [-0.05, 0) is 40.0 Å². The second-order valence-corrected chi connectivity index (χ2v) is 5.64. The van der Waals surface area contributed by atoms with Crippen LogP contribution in [0.5, 0.6) is 5.75 Å². The molecule has 0 aromatic heterocycles. The molecule has 1 rings (SSSR count). The molecule has 0 fully saturated rings. The molecule has 3 N–H and O–H groups in total. The van der Waals surface area contributed by atoms with Crippen LogP contribution in [0.1, 0.15) is 13.8 Å². The molecular formula is C11H14Br2N2O2. The van der Waals surface area contributed by atoms with Gasteiger partial charge < -0.3 is 4.74 Å². The smallest absolute Gasteiger partial charge is 0.275 e. The Balaban J connectivity index is 2.90. The van der Waals surface area contributed by atoms with Gasteiger partial charge in [-0.3, -0.25) is 10.2 Å². The maximum atomic E-state index is 11.6. The van der Waals surface area contributed by atoms with E-state index in [0.29, 0.717) is 5.75 Å². The Labute approximate surface area is 117 Å². The number of carbonyl (C=O) groups excluding carboxylic acids is 1. The lowest BCUT2D eigenvalue weighted by atomic mass is 10.1. The van der Waals surface area contributed by atoms with Crippen LogP contribution in [0.15, 0.2) is 27.1 Å². The number of hydrogen-bond donors (Lipinski definition) is 2. The van der Waals surface area contributed by atoms with Gasteiger partial charge in [-0.25, -0.2) is 5.84 Å². The van der Waals surface area contributed by atoms with Crippen molar-refractivity contribution in [3.8, 4) is 5.75 Å². The van der Waals surface area contributed by atoms with Crippen LogP contribution >= 0.6 is 31.9 Å². The van der Waals surface area contributed by atoms with E-state index in [4.69, 9.17) is 10.6 Å². The van der Waals surface area contributed by atoms with Crippen LogP contribution in [-0.2, 0) is 4.79 Å². The summed E-state index contributed by atoms with van der Waals surface area (Å²) in [5.41, 5.74) is 2.11. The number of halogens is 2. The van der Waals surface area contributed by atoms with E-state index < -0.39 is 6.10 Å². The number of nitrogens with two attached hydrogens (primary N) is 1. The number of benzene rings is 1. The highest BCUT2D eigenvalue weighted by atomic mass is 79.9. The minimum absolute atomic E-state index is 0.0223. The fourth-order valence-electron chi connectivity index (χ4n) is 1.28. The molecule has 1 amide bonds. The van der Waals surface area contributed by atoms with Crippen molar-refractivity contribution >= 4 is 37.8 Å². The highest BCUT2D eigenvalue weighted by Crippen LogP contribution is 2.29. The summed E-state index contributed by atoms with van der Waals surface area (Å²) in [7, 11) is 0. The molecule has 4 nitrogen and oxygen atoms in total. The molecule has 0 saturated heterocycles. The van der Waals surface area contributed by atoms with E-state index in [1.54, 1.807) is 6.07 Å². The van der Waals surface area contributed by atoms with Crippen molar-refractivity contribution in [2.24, 2.45) is 11.8 Å². The zero-order valence-electron chi connectivity index (χ0n) is 9.54. The van der Waals surface area contributed by atoms with E-state index in [1.165, 1.54) is 0 Å². The fraction of sp³-hybridized carbons (Fsp3) is 0.364. The lowest BCUT2D eigenvalue weighted by molar-refractivity contribution is -0.129. The molecule has 0 aliphatic heterocycles. The van der Waals surface area contributed by atoms with E-state index >= 15 is 0 Å². The van der Waals surface area contributed by atoms with Gasteiger partial charge in [0.05, 0.1) is 4.47 Å². The normalized spacial score (nSPS) is 12.4. The summed E-state index contributed by atoms with van der Waals surface area (Å²) >= 11 is 6.73. The number of amides is 1. The lowest BCUT2D eigenvalue weighted by Gasteiger charge is -2.21. The second-order valence-electron chi connectivity index (χ2n) is 3.87. The molecule has 0 bridgehead atoms. The molecule has 17 heavy (non-hydrogen) atoms. The fourth-order valence-corrected chi connectivity index (χ4v) is 2.42. The zero-order valence-corrected chi connectivity index (χ0v) is 12.7. The summed E-state index contributed by atoms with van der Waals surface area (Å²) in [6.45, 7) is 3.79. The lowest BCUT2D eigenvalue weighted by Crippen LogP contribution is -2.44. The van der Waals surface area contributed by atoms with Crippen molar-refractivity contribution < 1.29 is 9.53 Å². The molecule has 1 aromatic rings. The zero-order chi connectivity index (χ0) is 13.0. The molecule has 1 aromatic carbocycles. The third-order valence-electron chi connectivity index (χ3n) is 2.15. The standard InChI is InChI=1S/C11H14Br2N2O2/c1-6(2)10(11(16)15-14)17-9-4-3-7(12)5-8(9)13/h3-6,10H,14H2,1-2H3,(H,15,16). The Morgan fingerprint density at radius 2 is 2.06 bits per heavy atom. The molecule has 1 unspecified atom stereocenters. The summed E-state index contributed by atoms with van der Waals surface area (Å²) in [6, 6.07) is 5.48. The Hall–Kier alpha value is -0.590. The van der Waals surface area contributed by atoms with Crippen molar-refractivity contribution in [2.75, 3.05) is 0 Å². The first-order chi connectivity index (χ1) is 7.95. The molecule has 1 atom stereocenters. The Kier molecular flexibility index (Phi) is 5.42. The molecule has 0 radical (unpaired) electrons. The van der Waals surface area contributed by atoms with Crippen molar-refractivity contribution in [1.29, 1.82) is 0 Å². The van der Waals surface area contributed by atoms with Gasteiger partial charge in [0.1, 0.15) is 5.75 Å². The number of hydrogen-bond acceptors (Lipinski definition) is 3. The number of nitrogens with one attached hydrogen (secondary N) is 1. The minimum atomic E-state index is -0.613. The van der Waals surface area contributed by atoms with Gasteiger partial charge in [0.15, 0.2) is 6.10 Å². The van der Waals surface area contributed by atoms with Crippen molar-refractivity contribution in [2.45, 2.75) is 20.0 Å². The van der Waals surface area contributed by atoms with Gasteiger partial charge in [0.25, 0.3) is 5.91 Å². The van der Waals surface area contributed by atoms with E-state index in [9.17, 15) is 4.79 Å². The second kappa shape index (κ2) is 6.37. The first-order valence-corrected chi connectivity index (χ1v) is 6.66. The van der Waals surface area contributed by atoms with Crippen LogP contribution in [0.4, 0.5) is 0 Å². The van der Waals surface area contributed by atoms with Gasteiger partial charge in [0, 0.05) is 4.47 Å². The van der Waals surface area contributed by atoms with Gasteiger partial charge >= 0.3 is 0 Å². The summed E-state index contributed by atoms with van der Waals surface area (Å²) in [6.07, 6.45) is -0.613. The summed E-state index contributed by atoms with van der Waals surface area (Å²) in [5.74, 6) is 5.42. The quantitative estimate of drug-likeness (QED) is 0.489. The predicted octanol–water partition coefficient (Wildman–Crippen LogP) is 2.60. The Morgan fingerprint density at radius 3 is 2.53 bits per heavy atom. The number of rotatable bonds is 4. The summed E-state index contributed by atoms with van der Waals surface area (Å²) in [4.78, 5) is 11.6. The highest BCUT2D eigenvalue weighted by Gasteiger charge is 2.24.